The van der Waals surface area contributed by atoms with Gasteiger partial charge >= 0.3 is 0 Å². The van der Waals surface area contributed by atoms with Gasteiger partial charge in [-0.25, -0.2) is 0 Å². The molecule has 27 heavy (non-hydrogen) atoms. The highest BCUT2D eigenvalue weighted by Crippen LogP contribution is 2.28. The number of carbonyl (C=O) groups is 2. The number of likely N-dealkylation sites (tertiary alicyclic amines) is 2. The Balaban J connectivity index is 1.29. The molecule has 2 saturated heterocycles. The van der Waals surface area contributed by atoms with Crippen LogP contribution < -0.4 is 5.32 Å². The van der Waals surface area contributed by atoms with Crippen LogP contribution in [-0.4, -0.2) is 59.9 Å². The first-order valence-electron chi connectivity index (χ1n) is 10.6. The van der Waals surface area contributed by atoms with Gasteiger partial charge < -0.3 is 15.1 Å². The molecule has 146 valence electrons. The van der Waals surface area contributed by atoms with Crippen LogP contribution in [0, 0.1) is 5.92 Å². The maximum atomic E-state index is 13.1. The summed E-state index contributed by atoms with van der Waals surface area (Å²) in [5.41, 5.74) is 1.02. The van der Waals surface area contributed by atoms with Gasteiger partial charge in [-0.05, 0) is 56.6 Å². The van der Waals surface area contributed by atoms with Crippen LogP contribution in [0.2, 0.25) is 0 Å². The molecule has 0 aromatic heterocycles. The Bertz CT molecular complexity index is 651. The Kier molecular flexibility index (Phi) is 5.77. The molecule has 1 N–H and O–H groups in total. The SMILES string of the molecule is O=C(C1CCCN1C(=O)Cc1ccccc1)N1CCC(NCC2CC2)CC1. The monoisotopic (exact) mass is 369 g/mol. The van der Waals surface area contributed by atoms with Gasteiger partial charge in [-0.2, -0.15) is 0 Å². The summed E-state index contributed by atoms with van der Waals surface area (Å²) in [5, 5.41) is 3.66. The Morgan fingerprint density at radius 2 is 1.70 bits per heavy atom. The first-order valence-corrected chi connectivity index (χ1v) is 10.6. The molecule has 2 aliphatic heterocycles. The third-order valence-corrected chi connectivity index (χ3v) is 6.26. The third kappa shape index (κ3) is 4.70. The molecule has 5 heteroatoms. The van der Waals surface area contributed by atoms with Gasteiger partial charge in [0.2, 0.25) is 11.8 Å². The summed E-state index contributed by atoms with van der Waals surface area (Å²) in [6.07, 6.45) is 6.93. The number of amides is 2. The normalized spacial score (nSPS) is 23.6. The Hall–Kier alpha value is -1.88. The number of benzene rings is 1. The minimum absolute atomic E-state index is 0.0815. The van der Waals surface area contributed by atoms with Crippen LogP contribution in [0.3, 0.4) is 0 Å². The van der Waals surface area contributed by atoms with Crippen molar-refractivity contribution >= 4 is 11.8 Å². The van der Waals surface area contributed by atoms with E-state index in [0.717, 1.165) is 56.8 Å². The van der Waals surface area contributed by atoms with Crippen LogP contribution in [0.25, 0.3) is 0 Å². The van der Waals surface area contributed by atoms with Gasteiger partial charge in [0.05, 0.1) is 6.42 Å². The smallest absolute Gasteiger partial charge is 0.245 e. The van der Waals surface area contributed by atoms with Crippen molar-refractivity contribution in [1.29, 1.82) is 0 Å². The van der Waals surface area contributed by atoms with E-state index in [0.29, 0.717) is 19.0 Å². The van der Waals surface area contributed by atoms with E-state index < -0.39 is 0 Å². The summed E-state index contributed by atoms with van der Waals surface area (Å²) in [6.45, 7) is 3.49. The van der Waals surface area contributed by atoms with Gasteiger partial charge in [0.15, 0.2) is 0 Å². The van der Waals surface area contributed by atoms with Crippen molar-refractivity contribution in [2.75, 3.05) is 26.2 Å². The van der Waals surface area contributed by atoms with E-state index in [2.05, 4.69) is 5.32 Å². The maximum absolute atomic E-state index is 13.1. The van der Waals surface area contributed by atoms with Gasteiger partial charge in [-0.3, -0.25) is 9.59 Å². The Labute approximate surface area is 162 Å². The molecule has 3 fully saturated rings. The molecule has 3 aliphatic rings. The summed E-state index contributed by atoms with van der Waals surface area (Å²) in [7, 11) is 0. The van der Waals surface area contributed by atoms with Gasteiger partial charge in [-0.15, -0.1) is 0 Å². The lowest BCUT2D eigenvalue weighted by Crippen LogP contribution is -2.52. The number of hydrogen-bond donors (Lipinski definition) is 1. The molecular weight excluding hydrogens is 338 g/mol. The van der Waals surface area contributed by atoms with E-state index in [-0.39, 0.29) is 17.9 Å². The molecule has 2 amide bonds. The average Bonchev–Trinajstić information content (AvgIpc) is 3.40. The van der Waals surface area contributed by atoms with E-state index in [9.17, 15) is 9.59 Å². The van der Waals surface area contributed by atoms with Crippen molar-refractivity contribution in [2.45, 2.75) is 57.0 Å². The molecule has 1 aromatic rings. The topological polar surface area (TPSA) is 52.7 Å². The summed E-state index contributed by atoms with van der Waals surface area (Å²) in [4.78, 5) is 29.6. The molecule has 1 unspecified atom stereocenters. The summed E-state index contributed by atoms with van der Waals surface area (Å²) in [5.74, 6) is 1.14. The van der Waals surface area contributed by atoms with E-state index in [1.165, 1.54) is 12.8 Å². The average molecular weight is 370 g/mol. The lowest BCUT2D eigenvalue weighted by Gasteiger charge is -2.36. The molecule has 1 saturated carbocycles. The third-order valence-electron chi connectivity index (χ3n) is 6.26. The van der Waals surface area contributed by atoms with Crippen LogP contribution >= 0.6 is 0 Å². The van der Waals surface area contributed by atoms with Crippen molar-refractivity contribution in [1.82, 2.24) is 15.1 Å². The number of nitrogens with zero attached hydrogens (tertiary/aromatic N) is 2. The van der Waals surface area contributed by atoms with Gasteiger partial charge in [-0.1, -0.05) is 30.3 Å². The van der Waals surface area contributed by atoms with Crippen LogP contribution in [0.1, 0.15) is 44.1 Å². The molecule has 4 rings (SSSR count). The fraction of sp³-hybridized carbons (Fsp3) is 0.636. The molecule has 5 nitrogen and oxygen atoms in total. The number of piperidine rings is 1. The zero-order chi connectivity index (χ0) is 18.6. The summed E-state index contributed by atoms with van der Waals surface area (Å²) < 4.78 is 0. The van der Waals surface area contributed by atoms with Crippen LogP contribution in [0.15, 0.2) is 30.3 Å². The van der Waals surface area contributed by atoms with Gasteiger partial charge in [0, 0.05) is 25.7 Å². The van der Waals surface area contributed by atoms with Crippen molar-refractivity contribution in [3.63, 3.8) is 0 Å². The molecule has 0 spiro atoms. The van der Waals surface area contributed by atoms with Crippen molar-refractivity contribution in [3.05, 3.63) is 35.9 Å². The highest BCUT2D eigenvalue weighted by Gasteiger charge is 2.37. The molecule has 1 aliphatic carbocycles. The summed E-state index contributed by atoms with van der Waals surface area (Å²) >= 11 is 0. The first kappa shape index (κ1) is 18.5. The molecule has 1 atom stereocenters. The zero-order valence-electron chi connectivity index (χ0n) is 16.1. The fourth-order valence-corrected chi connectivity index (χ4v) is 4.36. The molecule has 2 heterocycles. The Morgan fingerprint density at radius 1 is 0.963 bits per heavy atom. The lowest BCUT2D eigenvalue weighted by atomic mass is 10.0. The van der Waals surface area contributed by atoms with E-state index in [1.807, 2.05) is 40.1 Å². The van der Waals surface area contributed by atoms with E-state index in [1.54, 1.807) is 0 Å². The zero-order valence-corrected chi connectivity index (χ0v) is 16.1. The highest BCUT2D eigenvalue weighted by molar-refractivity contribution is 5.89. The number of carbonyl (C=O) groups excluding carboxylic acids is 2. The Morgan fingerprint density at radius 3 is 2.41 bits per heavy atom. The summed E-state index contributed by atoms with van der Waals surface area (Å²) in [6, 6.07) is 10.1. The molecule has 0 radical (unpaired) electrons. The quantitative estimate of drug-likeness (QED) is 0.836. The van der Waals surface area contributed by atoms with Crippen LogP contribution in [0.4, 0.5) is 0 Å². The van der Waals surface area contributed by atoms with Crippen molar-refractivity contribution < 1.29 is 9.59 Å². The van der Waals surface area contributed by atoms with E-state index in [4.69, 9.17) is 0 Å². The number of hydrogen-bond acceptors (Lipinski definition) is 3. The molecule has 0 bridgehead atoms. The standard InChI is InChI=1S/C22H31N3O2/c26-21(15-17-5-2-1-3-6-17)25-12-4-7-20(25)22(27)24-13-10-19(11-14-24)23-16-18-8-9-18/h1-3,5-6,18-20,23H,4,7-16H2. The maximum Gasteiger partial charge on any atom is 0.245 e. The predicted octanol–water partition coefficient (Wildman–Crippen LogP) is 2.21. The molecule has 1 aromatic carbocycles. The second kappa shape index (κ2) is 8.42. The van der Waals surface area contributed by atoms with E-state index >= 15 is 0 Å². The van der Waals surface area contributed by atoms with Crippen LogP contribution in [0.5, 0.6) is 0 Å². The van der Waals surface area contributed by atoms with Gasteiger partial charge in [0.1, 0.15) is 6.04 Å². The first-order chi connectivity index (χ1) is 13.2. The predicted molar refractivity (Wildman–Crippen MR) is 105 cm³/mol. The van der Waals surface area contributed by atoms with Crippen molar-refractivity contribution in [2.24, 2.45) is 5.92 Å². The lowest BCUT2D eigenvalue weighted by molar-refractivity contribution is -0.144. The minimum atomic E-state index is -0.253. The van der Waals surface area contributed by atoms with Gasteiger partial charge in [0.25, 0.3) is 0 Å². The largest absolute Gasteiger partial charge is 0.341 e. The van der Waals surface area contributed by atoms with Crippen LogP contribution in [-0.2, 0) is 16.0 Å². The second-order valence-corrected chi connectivity index (χ2v) is 8.36. The highest BCUT2D eigenvalue weighted by atomic mass is 16.2. The molecular formula is C22H31N3O2. The number of nitrogens with one attached hydrogen (secondary N) is 1. The number of rotatable bonds is 6. The van der Waals surface area contributed by atoms with Crippen molar-refractivity contribution in [3.8, 4) is 0 Å². The second-order valence-electron chi connectivity index (χ2n) is 8.36. The fourth-order valence-electron chi connectivity index (χ4n) is 4.36. The minimum Gasteiger partial charge on any atom is -0.341 e.